The Balaban J connectivity index is 2.08. The van der Waals surface area contributed by atoms with Crippen LogP contribution in [0.4, 0.5) is 5.69 Å². The van der Waals surface area contributed by atoms with Gasteiger partial charge in [0.15, 0.2) is 0 Å². The highest BCUT2D eigenvalue weighted by atomic mass is 79.9. The SMILES string of the molecule is CCN(CCc1ccccc1)C(=O)c1ccc(Br)cc1N. The summed E-state index contributed by atoms with van der Waals surface area (Å²) in [4.78, 5) is 14.4. The molecule has 0 unspecified atom stereocenters. The van der Waals surface area contributed by atoms with Gasteiger partial charge in [0.25, 0.3) is 5.91 Å². The van der Waals surface area contributed by atoms with Crippen molar-refractivity contribution in [2.75, 3.05) is 18.8 Å². The number of carbonyl (C=O) groups excluding carboxylic acids is 1. The van der Waals surface area contributed by atoms with Gasteiger partial charge in [-0.05, 0) is 37.1 Å². The second-order valence-corrected chi connectivity index (χ2v) is 5.77. The van der Waals surface area contributed by atoms with Gasteiger partial charge in [-0.15, -0.1) is 0 Å². The summed E-state index contributed by atoms with van der Waals surface area (Å²) >= 11 is 3.36. The van der Waals surface area contributed by atoms with E-state index in [9.17, 15) is 4.79 Å². The van der Waals surface area contributed by atoms with Gasteiger partial charge in [0, 0.05) is 23.2 Å². The molecule has 0 radical (unpaired) electrons. The number of amides is 1. The predicted octanol–water partition coefficient (Wildman–Crippen LogP) is 3.74. The van der Waals surface area contributed by atoms with Crippen LogP contribution in [0.3, 0.4) is 0 Å². The summed E-state index contributed by atoms with van der Waals surface area (Å²) in [6.07, 6.45) is 0.844. The Morgan fingerprint density at radius 2 is 1.90 bits per heavy atom. The monoisotopic (exact) mass is 346 g/mol. The third kappa shape index (κ3) is 4.08. The molecule has 0 saturated carbocycles. The molecular formula is C17H19BrN2O. The van der Waals surface area contributed by atoms with Crippen LogP contribution in [0, 0.1) is 0 Å². The van der Waals surface area contributed by atoms with E-state index in [1.54, 1.807) is 12.1 Å². The Kier molecular flexibility index (Phi) is 5.39. The van der Waals surface area contributed by atoms with Crippen molar-refractivity contribution in [1.82, 2.24) is 4.90 Å². The number of anilines is 1. The van der Waals surface area contributed by atoms with Crippen molar-refractivity contribution in [3.05, 3.63) is 64.1 Å². The fourth-order valence-corrected chi connectivity index (χ4v) is 2.59. The maximum atomic E-state index is 12.6. The Hall–Kier alpha value is -1.81. The zero-order valence-corrected chi connectivity index (χ0v) is 13.6. The molecule has 0 heterocycles. The summed E-state index contributed by atoms with van der Waals surface area (Å²) in [5, 5.41) is 0. The van der Waals surface area contributed by atoms with Gasteiger partial charge in [-0.25, -0.2) is 0 Å². The molecule has 0 atom stereocenters. The molecule has 0 aliphatic heterocycles. The van der Waals surface area contributed by atoms with Crippen molar-refractivity contribution in [1.29, 1.82) is 0 Å². The number of benzene rings is 2. The Morgan fingerprint density at radius 1 is 1.19 bits per heavy atom. The lowest BCUT2D eigenvalue weighted by atomic mass is 10.1. The average molecular weight is 347 g/mol. The number of nitrogens with zero attached hydrogens (tertiary/aromatic N) is 1. The maximum Gasteiger partial charge on any atom is 0.255 e. The number of hydrogen-bond acceptors (Lipinski definition) is 2. The van der Waals surface area contributed by atoms with Gasteiger partial charge in [-0.1, -0.05) is 46.3 Å². The molecule has 110 valence electrons. The van der Waals surface area contributed by atoms with E-state index in [4.69, 9.17) is 5.73 Å². The molecule has 2 aromatic carbocycles. The van der Waals surface area contributed by atoms with Crippen molar-refractivity contribution in [2.24, 2.45) is 0 Å². The van der Waals surface area contributed by atoms with Crippen molar-refractivity contribution in [3.8, 4) is 0 Å². The first-order valence-electron chi connectivity index (χ1n) is 7.00. The molecule has 0 spiro atoms. The lowest BCUT2D eigenvalue weighted by Crippen LogP contribution is -2.33. The molecule has 0 fully saturated rings. The summed E-state index contributed by atoms with van der Waals surface area (Å²) in [6.45, 7) is 3.34. The van der Waals surface area contributed by atoms with Crippen molar-refractivity contribution in [2.45, 2.75) is 13.3 Å². The van der Waals surface area contributed by atoms with E-state index in [-0.39, 0.29) is 5.91 Å². The fourth-order valence-electron chi connectivity index (χ4n) is 2.21. The zero-order chi connectivity index (χ0) is 15.2. The lowest BCUT2D eigenvalue weighted by molar-refractivity contribution is 0.0767. The van der Waals surface area contributed by atoms with Gasteiger partial charge in [0.1, 0.15) is 0 Å². The second-order valence-electron chi connectivity index (χ2n) is 4.85. The molecule has 0 aliphatic rings. The highest BCUT2D eigenvalue weighted by Gasteiger charge is 2.16. The van der Waals surface area contributed by atoms with Crippen LogP contribution >= 0.6 is 15.9 Å². The highest BCUT2D eigenvalue weighted by Crippen LogP contribution is 2.20. The number of rotatable bonds is 5. The fraction of sp³-hybridized carbons (Fsp3) is 0.235. The lowest BCUT2D eigenvalue weighted by Gasteiger charge is -2.22. The van der Waals surface area contributed by atoms with Crippen molar-refractivity contribution in [3.63, 3.8) is 0 Å². The smallest absolute Gasteiger partial charge is 0.255 e. The predicted molar refractivity (Wildman–Crippen MR) is 90.3 cm³/mol. The third-order valence-corrected chi connectivity index (χ3v) is 3.92. The summed E-state index contributed by atoms with van der Waals surface area (Å²) in [6, 6.07) is 15.5. The quantitative estimate of drug-likeness (QED) is 0.838. The molecule has 3 nitrogen and oxygen atoms in total. The molecule has 4 heteroatoms. The number of carbonyl (C=O) groups is 1. The van der Waals surface area contributed by atoms with Crippen LogP contribution in [0.15, 0.2) is 53.0 Å². The van der Waals surface area contributed by atoms with Gasteiger partial charge >= 0.3 is 0 Å². The summed E-state index contributed by atoms with van der Waals surface area (Å²) in [7, 11) is 0. The molecule has 2 N–H and O–H groups in total. The molecule has 0 bridgehead atoms. The highest BCUT2D eigenvalue weighted by molar-refractivity contribution is 9.10. The first-order chi connectivity index (χ1) is 10.1. The number of likely N-dealkylation sites (N-methyl/N-ethyl adjacent to an activating group) is 1. The Morgan fingerprint density at radius 3 is 2.52 bits per heavy atom. The van der Waals surface area contributed by atoms with Crippen LogP contribution in [0.25, 0.3) is 0 Å². The first kappa shape index (κ1) is 15.6. The van der Waals surface area contributed by atoms with Gasteiger partial charge in [-0.2, -0.15) is 0 Å². The van der Waals surface area contributed by atoms with Gasteiger partial charge < -0.3 is 10.6 Å². The number of hydrogen-bond donors (Lipinski definition) is 1. The molecule has 2 rings (SSSR count). The van der Waals surface area contributed by atoms with Gasteiger partial charge in [0.05, 0.1) is 5.56 Å². The third-order valence-electron chi connectivity index (χ3n) is 3.43. The minimum absolute atomic E-state index is 0.0153. The standard InChI is InChI=1S/C17H19BrN2O/c1-2-20(11-10-13-6-4-3-5-7-13)17(21)15-9-8-14(18)12-16(15)19/h3-9,12H,2,10-11,19H2,1H3. The van der Waals surface area contributed by atoms with E-state index in [1.807, 2.05) is 36.1 Å². The van der Waals surface area contributed by atoms with Crippen molar-refractivity contribution >= 4 is 27.5 Å². The van der Waals surface area contributed by atoms with E-state index in [2.05, 4.69) is 28.1 Å². The van der Waals surface area contributed by atoms with E-state index in [0.717, 1.165) is 10.9 Å². The number of nitrogens with two attached hydrogens (primary N) is 1. The van der Waals surface area contributed by atoms with E-state index in [1.165, 1.54) is 5.56 Å². The van der Waals surface area contributed by atoms with Crippen LogP contribution in [0.2, 0.25) is 0 Å². The van der Waals surface area contributed by atoms with E-state index < -0.39 is 0 Å². The molecule has 0 aliphatic carbocycles. The molecular weight excluding hydrogens is 328 g/mol. The molecule has 0 saturated heterocycles. The van der Waals surface area contributed by atoms with Gasteiger partial charge in [-0.3, -0.25) is 4.79 Å². The number of halogens is 1. The Bertz CT molecular complexity index is 613. The topological polar surface area (TPSA) is 46.3 Å². The largest absolute Gasteiger partial charge is 0.398 e. The summed E-state index contributed by atoms with van der Waals surface area (Å²) in [5.74, 6) is -0.0153. The zero-order valence-electron chi connectivity index (χ0n) is 12.1. The normalized spacial score (nSPS) is 10.4. The minimum Gasteiger partial charge on any atom is -0.398 e. The first-order valence-corrected chi connectivity index (χ1v) is 7.79. The molecule has 1 amide bonds. The molecule has 21 heavy (non-hydrogen) atoms. The van der Waals surface area contributed by atoms with Crippen LogP contribution in [-0.2, 0) is 6.42 Å². The molecule has 0 aromatic heterocycles. The van der Waals surface area contributed by atoms with Crippen LogP contribution < -0.4 is 5.73 Å². The Labute approximate surface area is 133 Å². The second kappa shape index (κ2) is 7.27. The summed E-state index contributed by atoms with van der Waals surface area (Å²) < 4.78 is 0.879. The van der Waals surface area contributed by atoms with Gasteiger partial charge in [0.2, 0.25) is 0 Å². The van der Waals surface area contributed by atoms with Crippen molar-refractivity contribution < 1.29 is 4.79 Å². The molecule has 2 aromatic rings. The summed E-state index contributed by atoms with van der Waals surface area (Å²) in [5.41, 5.74) is 8.24. The average Bonchev–Trinajstić information content (AvgIpc) is 2.48. The number of nitrogen functional groups attached to an aromatic ring is 1. The maximum absolute atomic E-state index is 12.6. The van der Waals surface area contributed by atoms with Crippen LogP contribution in [-0.4, -0.2) is 23.9 Å². The van der Waals surface area contributed by atoms with Crippen LogP contribution in [0.1, 0.15) is 22.8 Å². The van der Waals surface area contributed by atoms with E-state index in [0.29, 0.717) is 24.3 Å². The van der Waals surface area contributed by atoms with Crippen LogP contribution in [0.5, 0.6) is 0 Å². The minimum atomic E-state index is -0.0153. The van der Waals surface area contributed by atoms with E-state index >= 15 is 0 Å².